The van der Waals surface area contributed by atoms with E-state index >= 15 is 0 Å². The van der Waals surface area contributed by atoms with Crippen LogP contribution in [0.15, 0.2) is 39.9 Å². The van der Waals surface area contributed by atoms with E-state index in [0.717, 1.165) is 23.5 Å². The van der Waals surface area contributed by atoms with E-state index in [1.807, 2.05) is 0 Å². The number of aromatic nitrogens is 6. The Kier molecular flexibility index (Phi) is 4.97. The average molecular weight is 487 g/mol. The summed E-state index contributed by atoms with van der Waals surface area (Å²) in [6.45, 7) is 1.26. The summed E-state index contributed by atoms with van der Waals surface area (Å²) in [5.74, 6) is -0.262. The molecule has 1 amide bonds. The summed E-state index contributed by atoms with van der Waals surface area (Å²) >= 11 is 0. The van der Waals surface area contributed by atoms with Gasteiger partial charge in [0.15, 0.2) is 22.7 Å². The zero-order valence-electron chi connectivity index (χ0n) is 18.9. The molecule has 0 aliphatic heterocycles. The Labute approximate surface area is 195 Å². The van der Waals surface area contributed by atoms with Gasteiger partial charge in [-0.1, -0.05) is 0 Å². The summed E-state index contributed by atoms with van der Waals surface area (Å²) in [7, 11) is 2.78. The van der Waals surface area contributed by atoms with Gasteiger partial charge in [-0.3, -0.25) is 24.1 Å². The Balaban J connectivity index is 1.65. The largest absolute Gasteiger partial charge is 0.435 e. The predicted octanol–water partition coefficient (Wildman–Crippen LogP) is 2.27. The standard InChI is InChI=1S/C22H20F3N7O3/c1-11(33)27-32-17-19(29(2)21(35)30(3)20(17)34)26-18(32)13-6-8-14(9-7-13)31-15(12-4-5-12)10-16(28-31)22(23,24)25/h6-10,12H,4-5H2,1-3H3,(H,27,33). The molecule has 0 spiro atoms. The topological polar surface area (TPSA) is 109 Å². The molecule has 0 bridgehead atoms. The molecule has 1 aliphatic carbocycles. The molecule has 182 valence electrons. The summed E-state index contributed by atoms with van der Waals surface area (Å²) in [5.41, 5.74) is 1.84. The number of carbonyl (C=O) groups excluding carboxylic acids is 1. The third-order valence-corrected chi connectivity index (χ3v) is 5.92. The van der Waals surface area contributed by atoms with Crippen molar-refractivity contribution >= 4 is 17.1 Å². The maximum atomic E-state index is 13.3. The second-order valence-electron chi connectivity index (χ2n) is 8.50. The molecule has 0 radical (unpaired) electrons. The zero-order valence-corrected chi connectivity index (χ0v) is 18.9. The van der Waals surface area contributed by atoms with E-state index in [0.29, 0.717) is 16.9 Å². The van der Waals surface area contributed by atoms with E-state index in [2.05, 4.69) is 15.5 Å². The number of carbonyl (C=O) groups is 1. The minimum absolute atomic E-state index is 0.00166. The first-order chi connectivity index (χ1) is 16.5. The Morgan fingerprint density at radius 3 is 2.31 bits per heavy atom. The minimum Gasteiger partial charge on any atom is -0.279 e. The van der Waals surface area contributed by atoms with Gasteiger partial charge in [-0.25, -0.2) is 19.1 Å². The molecule has 3 aromatic heterocycles. The lowest BCUT2D eigenvalue weighted by Gasteiger charge is -2.11. The van der Waals surface area contributed by atoms with Crippen molar-refractivity contribution in [2.24, 2.45) is 14.1 Å². The highest BCUT2D eigenvalue weighted by molar-refractivity contribution is 5.86. The highest BCUT2D eigenvalue weighted by Crippen LogP contribution is 2.43. The number of halogens is 3. The molecular weight excluding hydrogens is 467 g/mol. The lowest BCUT2D eigenvalue weighted by atomic mass is 10.2. The number of hydrogen-bond donors (Lipinski definition) is 1. The van der Waals surface area contributed by atoms with Crippen LogP contribution in [0.2, 0.25) is 0 Å². The Bertz CT molecular complexity index is 1600. The first-order valence-corrected chi connectivity index (χ1v) is 10.7. The van der Waals surface area contributed by atoms with E-state index in [4.69, 9.17) is 0 Å². The van der Waals surface area contributed by atoms with Gasteiger partial charge in [-0.15, -0.1) is 0 Å². The Hall–Kier alpha value is -4.16. The van der Waals surface area contributed by atoms with Gasteiger partial charge in [0.2, 0.25) is 5.91 Å². The third-order valence-electron chi connectivity index (χ3n) is 5.92. The zero-order chi connectivity index (χ0) is 25.2. The van der Waals surface area contributed by atoms with Crippen LogP contribution >= 0.6 is 0 Å². The van der Waals surface area contributed by atoms with Crippen molar-refractivity contribution in [3.8, 4) is 17.1 Å². The summed E-state index contributed by atoms with van der Waals surface area (Å²) in [6.07, 6.45) is -2.95. The van der Waals surface area contributed by atoms with Gasteiger partial charge >= 0.3 is 11.9 Å². The van der Waals surface area contributed by atoms with Crippen molar-refractivity contribution in [3.05, 3.63) is 62.6 Å². The van der Waals surface area contributed by atoms with Crippen LogP contribution in [0.5, 0.6) is 0 Å². The molecular formula is C22H20F3N7O3. The minimum atomic E-state index is -4.56. The van der Waals surface area contributed by atoms with Crippen LogP contribution in [0.3, 0.4) is 0 Å². The quantitative estimate of drug-likeness (QED) is 0.475. The number of rotatable bonds is 4. The predicted molar refractivity (Wildman–Crippen MR) is 120 cm³/mol. The van der Waals surface area contributed by atoms with Crippen molar-refractivity contribution < 1.29 is 18.0 Å². The fraction of sp³-hybridized carbons (Fsp3) is 0.318. The molecule has 13 heteroatoms. The summed E-state index contributed by atoms with van der Waals surface area (Å²) in [6, 6.07) is 7.45. The fourth-order valence-electron chi connectivity index (χ4n) is 4.02. The van der Waals surface area contributed by atoms with Crippen molar-refractivity contribution in [1.29, 1.82) is 0 Å². The molecule has 1 fully saturated rings. The van der Waals surface area contributed by atoms with Crippen LogP contribution in [-0.4, -0.2) is 34.5 Å². The number of amides is 1. The van der Waals surface area contributed by atoms with Crippen LogP contribution in [0.4, 0.5) is 13.2 Å². The van der Waals surface area contributed by atoms with Crippen LogP contribution in [-0.2, 0) is 25.1 Å². The summed E-state index contributed by atoms with van der Waals surface area (Å²) < 4.78 is 44.4. The number of alkyl halides is 3. The van der Waals surface area contributed by atoms with E-state index in [1.165, 1.54) is 34.9 Å². The number of fused-ring (bicyclic) bond motifs is 1. The molecule has 1 aromatic carbocycles. The molecule has 35 heavy (non-hydrogen) atoms. The average Bonchev–Trinajstić information content (AvgIpc) is 3.43. The van der Waals surface area contributed by atoms with Crippen molar-refractivity contribution in [3.63, 3.8) is 0 Å². The first-order valence-electron chi connectivity index (χ1n) is 10.7. The number of imidazole rings is 1. The Morgan fingerprint density at radius 1 is 1.09 bits per heavy atom. The second-order valence-corrected chi connectivity index (χ2v) is 8.50. The number of nitrogens with one attached hydrogen (secondary N) is 1. The number of benzene rings is 1. The molecule has 5 rings (SSSR count). The lowest BCUT2D eigenvalue weighted by Crippen LogP contribution is -2.38. The van der Waals surface area contributed by atoms with Gasteiger partial charge in [-0.2, -0.15) is 18.3 Å². The van der Waals surface area contributed by atoms with E-state index in [1.54, 1.807) is 24.3 Å². The molecule has 0 unspecified atom stereocenters. The summed E-state index contributed by atoms with van der Waals surface area (Å²) in [4.78, 5) is 41.5. The first kappa shape index (κ1) is 22.6. The number of nitrogens with zero attached hydrogens (tertiary/aromatic N) is 6. The van der Waals surface area contributed by atoms with Gasteiger partial charge in [0.25, 0.3) is 5.56 Å². The van der Waals surface area contributed by atoms with E-state index in [-0.39, 0.29) is 22.9 Å². The molecule has 0 saturated heterocycles. The van der Waals surface area contributed by atoms with Gasteiger partial charge in [0.1, 0.15) is 0 Å². The number of aryl methyl sites for hydroxylation is 1. The van der Waals surface area contributed by atoms with E-state index < -0.39 is 29.0 Å². The van der Waals surface area contributed by atoms with Crippen molar-refractivity contribution in [2.45, 2.75) is 31.9 Å². The van der Waals surface area contributed by atoms with E-state index in [9.17, 15) is 27.6 Å². The SMILES string of the molecule is CC(=O)Nn1c(-c2ccc(-n3nc(C(F)(F)F)cc3C3CC3)cc2)nc2c1c(=O)n(C)c(=O)n2C. The van der Waals surface area contributed by atoms with Crippen LogP contribution in [0.25, 0.3) is 28.2 Å². The summed E-state index contributed by atoms with van der Waals surface area (Å²) in [5, 5.41) is 3.78. The second kappa shape index (κ2) is 7.68. The van der Waals surface area contributed by atoms with Crippen molar-refractivity contribution in [2.75, 3.05) is 5.43 Å². The van der Waals surface area contributed by atoms with Gasteiger partial charge in [-0.05, 0) is 43.2 Å². The Morgan fingerprint density at radius 2 is 1.74 bits per heavy atom. The highest BCUT2D eigenvalue weighted by Gasteiger charge is 2.38. The lowest BCUT2D eigenvalue weighted by molar-refractivity contribution is -0.141. The van der Waals surface area contributed by atoms with Crippen molar-refractivity contribution in [1.82, 2.24) is 28.6 Å². The monoisotopic (exact) mass is 487 g/mol. The van der Waals surface area contributed by atoms with Crippen LogP contribution in [0, 0.1) is 0 Å². The molecule has 10 nitrogen and oxygen atoms in total. The highest BCUT2D eigenvalue weighted by atomic mass is 19.4. The molecule has 3 heterocycles. The maximum absolute atomic E-state index is 13.3. The molecule has 0 atom stereocenters. The van der Waals surface area contributed by atoms with Gasteiger partial charge in [0.05, 0.1) is 5.69 Å². The van der Waals surface area contributed by atoms with Crippen LogP contribution in [0.1, 0.15) is 37.1 Å². The number of hydrogen-bond acceptors (Lipinski definition) is 5. The third kappa shape index (κ3) is 3.72. The smallest absolute Gasteiger partial charge is 0.279 e. The fourth-order valence-corrected chi connectivity index (χ4v) is 4.02. The molecule has 1 saturated carbocycles. The maximum Gasteiger partial charge on any atom is 0.435 e. The van der Waals surface area contributed by atoms with Gasteiger partial charge < -0.3 is 0 Å². The van der Waals surface area contributed by atoms with Crippen LogP contribution < -0.4 is 16.7 Å². The molecule has 1 aliphatic rings. The van der Waals surface area contributed by atoms with Gasteiger partial charge in [0, 0.05) is 38.2 Å². The normalized spacial score (nSPS) is 14.0. The molecule has 4 aromatic rings. The molecule has 1 N–H and O–H groups in total.